The third kappa shape index (κ3) is 3.77. The van der Waals surface area contributed by atoms with E-state index >= 15 is 0 Å². The second kappa shape index (κ2) is 6.44. The number of likely N-dealkylation sites (N-methyl/N-ethyl adjacent to an activating group) is 1. The highest BCUT2D eigenvalue weighted by atomic mass is 32.1. The quantitative estimate of drug-likeness (QED) is 0.809. The van der Waals surface area contributed by atoms with Crippen LogP contribution in [-0.4, -0.2) is 30.7 Å². The van der Waals surface area contributed by atoms with Gasteiger partial charge in [-0.2, -0.15) is 12.6 Å². The average molecular weight is 266 g/mol. The minimum atomic E-state index is -0.601. The van der Waals surface area contributed by atoms with Gasteiger partial charge in [0.2, 0.25) is 11.8 Å². The lowest BCUT2D eigenvalue weighted by Gasteiger charge is -2.23. The van der Waals surface area contributed by atoms with Gasteiger partial charge in [0, 0.05) is 25.4 Å². The van der Waals surface area contributed by atoms with Crippen molar-refractivity contribution in [3.8, 4) is 0 Å². The highest BCUT2D eigenvalue weighted by Gasteiger charge is 2.22. The van der Waals surface area contributed by atoms with E-state index < -0.39 is 6.04 Å². The van der Waals surface area contributed by atoms with Gasteiger partial charge < -0.3 is 10.2 Å². The lowest BCUT2D eigenvalue weighted by Crippen LogP contribution is -2.48. The molecule has 0 bridgehead atoms. The Labute approximate surface area is 113 Å². The van der Waals surface area contributed by atoms with Gasteiger partial charge in [-0.3, -0.25) is 9.59 Å². The Morgan fingerprint density at radius 3 is 2.61 bits per heavy atom. The molecule has 1 unspecified atom stereocenters. The zero-order valence-corrected chi connectivity index (χ0v) is 11.7. The summed E-state index contributed by atoms with van der Waals surface area (Å²) in [6, 6.07) is 7.03. The number of thiol groups is 1. The monoisotopic (exact) mass is 266 g/mol. The molecule has 0 radical (unpaired) electrons. The molecule has 98 valence electrons. The molecule has 0 aliphatic carbocycles. The molecule has 1 rings (SSSR count). The van der Waals surface area contributed by atoms with E-state index in [-0.39, 0.29) is 17.6 Å². The van der Waals surface area contributed by atoms with E-state index in [9.17, 15) is 9.59 Å². The van der Waals surface area contributed by atoms with Crippen LogP contribution in [0.1, 0.15) is 12.5 Å². The third-order valence-electron chi connectivity index (χ3n) is 2.58. The largest absolute Gasteiger partial charge is 0.344 e. The molecule has 4 nitrogen and oxygen atoms in total. The van der Waals surface area contributed by atoms with E-state index in [0.717, 1.165) is 11.3 Å². The highest BCUT2D eigenvalue weighted by molar-refractivity contribution is 7.80. The Morgan fingerprint density at radius 1 is 1.44 bits per heavy atom. The molecule has 0 heterocycles. The van der Waals surface area contributed by atoms with E-state index in [4.69, 9.17) is 0 Å². The molecular weight excluding hydrogens is 248 g/mol. The summed E-state index contributed by atoms with van der Waals surface area (Å²) in [7, 11) is 1.69. The van der Waals surface area contributed by atoms with Crippen LogP contribution in [0.15, 0.2) is 24.3 Å². The summed E-state index contributed by atoms with van der Waals surface area (Å²) in [6.07, 6.45) is 0. The van der Waals surface area contributed by atoms with Crippen LogP contribution < -0.4 is 10.2 Å². The van der Waals surface area contributed by atoms with E-state index in [1.807, 2.05) is 31.2 Å². The molecule has 2 amide bonds. The van der Waals surface area contributed by atoms with Crippen LogP contribution in [0.2, 0.25) is 0 Å². The number of anilines is 1. The number of carbonyl (C=O) groups is 2. The summed E-state index contributed by atoms with van der Waals surface area (Å²) in [5.74, 6) is -0.139. The predicted octanol–water partition coefficient (Wildman–Crippen LogP) is 1.39. The third-order valence-corrected chi connectivity index (χ3v) is 2.94. The molecule has 5 heteroatoms. The number of nitrogens with one attached hydrogen (secondary N) is 1. The molecular formula is C13H18N2O2S. The molecule has 1 aromatic rings. The number of nitrogens with zero attached hydrogens (tertiary/aromatic N) is 1. The molecule has 0 aromatic heterocycles. The minimum absolute atomic E-state index is 0.175. The molecule has 0 saturated carbocycles. The van der Waals surface area contributed by atoms with Crippen molar-refractivity contribution < 1.29 is 9.59 Å². The number of rotatable bonds is 4. The van der Waals surface area contributed by atoms with Crippen LogP contribution in [-0.2, 0) is 9.59 Å². The lowest BCUT2D eigenvalue weighted by molar-refractivity contribution is -0.125. The molecule has 18 heavy (non-hydrogen) atoms. The fourth-order valence-electron chi connectivity index (χ4n) is 1.63. The number of carbonyl (C=O) groups excluding carboxylic acids is 2. The second-order valence-corrected chi connectivity index (χ2v) is 4.54. The number of hydrogen-bond acceptors (Lipinski definition) is 3. The van der Waals surface area contributed by atoms with E-state index in [2.05, 4.69) is 17.9 Å². The van der Waals surface area contributed by atoms with Gasteiger partial charge in [0.15, 0.2) is 0 Å². The Balaban J connectivity index is 2.85. The fourth-order valence-corrected chi connectivity index (χ4v) is 1.88. The average Bonchev–Trinajstić information content (AvgIpc) is 2.34. The van der Waals surface area contributed by atoms with Gasteiger partial charge in [-0.1, -0.05) is 12.1 Å². The maximum absolute atomic E-state index is 12.2. The van der Waals surface area contributed by atoms with Gasteiger partial charge in [-0.25, -0.2) is 0 Å². The normalized spacial score (nSPS) is 11.8. The molecule has 0 aliphatic heterocycles. The number of aryl methyl sites for hydroxylation is 1. The van der Waals surface area contributed by atoms with Crippen molar-refractivity contribution in [2.75, 3.05) is 17.7 Å². The first-order valence-corrected chi connectivity index (χ1v) is 6.31. The first-order valence-electron chi connectivity index (χ1n) is 5.68. The minimum Gasteiger partial charge on any atom is -0.344 e. The van der Waals surface area contributed by atoms with Crippen molar-refractivity contribution in [2.24, 2.45) is 0 Å². The van der Waals surface area contributed by atoms with Crippen molar-refractivity contribution in [2.45, 2.75) is 19.9 Å². The first-order chi connectivity index (χ1) is 8.45. The Morgan fingerprint density at radius 2 is 2.11 bits per heavy atom. The van der Waals surface area contributed by atoms with Gasteiger partial charge >= 0.3 is 0 Å². The number of benzene rings is 1. The Hall–Kier alpha value is -1.49. The van der Waals surface area contributed by atoms with E-state index in [0.29, 0.717) is 0 Å². The van der Waals surface area contributed by atoms with Gasteiger partial charge in [-0.15, -0.1) is 0 Å². The van der Waals surface area contributed by atoms with Gasteiger partial charge in [0.1, 0.15) is 6.04 Å². The number of hydrogen-bond donors (Lipinski definition) is 2. The van der Waals surface area contributed by atoms with Crippen molar-refractivity contribution in [1.82, 2.24) is 5.32 Å². The van der Waals surface area contributed by atoms with Crippen LogP contribution >= 0.6 is 12.6 Å². The fraction of sp³-hybridized carbons (Fsp3) is 0.385. The summed E-state index contributed by atoms with van der Waals surface area (Å²) in [5.41, 5.74) is 1.88. The predicted molar refractivity (Wildman–Crippen MR) is 76.0 cm³/mol. The molecule has 0 fully saturated rings. The Bertz CT molecular complexity index is 448. The van der Waals surface area contributed by atoms with Crippen molar-refractivity contribution >= 4 is 30.1 Å². The van der Waals surface area contributed by atoms with Gasteiger partial charge in [-0.05, 0) is 24.6 Å². The van der Waals surface area contributed by atoms with Gasteiger partial charge in [0.25, 0.3) is 0 Å². The SMILES string of the molecule is CC(=O)NC(CS)C(=O)N(C)c1cccc(C)c1. The van der Waals surface area contributed by atoms with Crippen molar-refractivity contribution in [3.05, 3.63) is 29.8 Å². The smallest absolute Gasteiger partial charge is 0.250 e. The summed E-state index contributed by atoms with van der Waals surface area (Å²) < 4.78 is 0. The Kier molecular flexibility index (Phi) is 5.22. The second-order valence-electron chi connectivity index (χ2n) is 4.17. The molecule has 0 aliphatic rings. The molecule has 0 saturated heterocycles. The summed E-state index contributed by atoms with van der Waals surface area (Å²) in [6.45, 7) is 3.35. The zero-order chi connectivity index (χ0) is 13.7. The van der Waals surface area contributed by atoms with Gasteiger partial charge in [0.05, 0.1) is 0 Å². The highest BCUT2D eigenvalue weighted by Crippen LogP contribution is 2.15. The van der Waals surface area contributed by atoms with Crippen LogP contribution in [0.3, 0.4) is 0 Å². The summed E-state index contributed by atoms with van der Waals surface area (Å²) in [4.78, 5) is 24.7. The topological polar surface area (TPSA) is 49.4 Å². The van der Waals surface area contributed by atoms with Crippen molar-refractivity contribution in [3.63, 3.8) is 0 Å². The van der Waals surface area contributed by atoms with Crippen LogP contribution in [0.25, 0.3) is 0 Å². The number of amides is 2. The standard InChI is InChI=1S/C13H18N2O2S/c1-9-5-4-6-11(7-9)15(3)13(17)12(8-18)14-10(2)16/h4-7,12,18H,8H2,1-3H3,(H,14,16). The first kappa shape index (κ1) is 14.6. The maximum Gasteiger partial charge on any atom is 0.250 e. The molecule has 1 aromatic carbocycles. The van der Waals surface area contributed by atoms with Crippen molar-refractivity contribution in [1.29, 1.82) is 0 Å². The lowest BCUT2D eigenvalue weighted by atomic mass is 10.2. The molecule has 1 atom stereocenters. The summed E-state index contributed by atoms with van der Waals surface area (Å²) in [5, 5.41) is 2.59. The maximum atomic E-state index is 12.2. The van der Waals surface area contributed by atoms with Crippen LogP contribution in [0.5, 0.6) is 0 Å². The van der Waals surface area contributed by atoms with E-state index in [1.165, 1.54) is 11.8 Å². The zero-order valence-electron chi connectivity index (χ0n) is 10.8. The molecule has 0 spiro atoms. The van der Waals surface area contributed by atoms with E-state index in [1.54, 1.807) is 7.05 Å². The molecule has 1 N–H and O–H groups in total. The van der Waals surface area contributed by atoms with Crippen LogP contribution in [0, 0.1) is 6.92 Å². The van der Waals surface area contributed by atoms with Crippen LogP contribution in [0.4, 0.5) is 5.69 Å². The summed E-state index contributed by atoms with van der Waals surface area (Å²) >= 11 is 4.09.